The van der Waals surface area contributed by atoms with E-state index in [2.05, 4.69) is 15.5 Å². The van der Waals surface area contributed by atoms with Gasteiger partial charge in [-0.05, 0) is 19.3 Å². The van der Waals surface area contributed by atoms with Crippen molar-refractivity contribution in [3.8, 4) is 0 Å². The second-order valence-electron chi connectivity index (χ2n) is 5.05. The Morgan fingerprint density at radius 2 is 2.28 bits per heavy atom. The predicted octanol–water partition coefficient (Wildman–Crippen LogP) is -0.0815. The van der Waals surface area contributed by atoms with E-state index in [4.69, 9.17) is 10.2 Å². The first-order chi connectivity index (χ1) is 8.70. The minimum Gasteiger partial charge on any atom is -0.408 e. The molecule has 0 bridgehead atoms. The van der Waals surface area contributed by atoms with Gasteiger partial charge in [0.2, 0.25) is 11.8 Å². The van der Waals surface area contributed by atoms with Crippen LogP contribution in [-0.2, 0) is 4.79 Å². The largest absolute Gasteiger partial charge is 0.408 e. The van der Waals surface area contributed by atoms with Gasteiger partial charge >= 0.3 is 6.01 Å². The van der Waals surface area contributed by atoms with Gasteiger partial charge in [0.15, 0.2) is 0 Å². The number of nitrogens with zero attached hydrogens (tertiary/aromatic N) is 3. The quantitative estimate of drug-likeness (QED) is 0.776. The Morgan fingerprint density at radius 3 is 2.94 bits per heavy atom. The number of carbonyl (C=O) groups excluding carboxylic acids is 1. The second-order valence-corrected chi connectivity index (χ2v) is 5.05. The topological polar surface area (TPSA) is 97.3 Å². The van der Waals surface area contributed by atoms with Crippen molar-refractivity contribution in [1.82, 2.24) is 15.1 Å². The third-order valence-electron chi connectivity index (χ3n) is 3.29. The Labute approximate surface area is 105 Å². The second kappa shape index (κ2) is 4.66. The van der Waals surface area contributed by atoms with Crippen LogP contribution in [0.4, 0.5) is 6.01 Å². The van der Waals surface area contributed by atoms with E-state index in [0.717, 1.165) is 32.4 Å². The van der Waals surface area contributed by atoms with E-state index in [1.54, 1.807) is 0 Å². The molecule has 0 unspecified atom stereocenters. The highest BCUT2D eigenvalue weighted by molar-refractivity contribution is 5.90. The zero-order valence-electron chi connectivity index (χ0n) is 10.1. The van der Waals surface area contributed by atoms with E-state index in [1.165, 1.54) is 0 Å². The summed E-state index contributed by atoms with van der Waals surface area (Å²) in [4.78, 5) is 13.8. The third-order valence-corrected chi connectivity index (χ3v) is 3.29. The Kier molecular flexibility index (Phi) is 3.00. The van der Waals surface area contributed by atoms with E-state index in [9.17, 15) is 4.79 Å². The highest BCUT2D eigenvalue weighted by Gasteiger charge is 2.29. The summed E-state index contributed by atoms with van der Waals surface area (Å²) in [5, 5.41) is 10.4. The summed E-state index contributed by atoms with van der Waals surface area (Å²) < 4.78 is 5.37. The molecular formula is C11H17N5O2. The lowest BCUT2D eigenvalue weighted by molar-refractivity contribution is -0.117. The molecular weight excluding hydrogens is 234 g/mol. The number of rotatable bonds is 4. The first-order valence-electron chi connectivity index (χ1n) is 6.32. The molecule has 1 aromatic rings. The van der Waals surface area contributed by atoms with Crippen LogP contribution in [0.3, 0.4) is 0 Å². The number of likely N-dealkylation sites (tertiary alicyclic amines) is 1. The number of hydrogen-bond acceptors (Lipinski definition) is 6. The zero-order chi connectivity index (χ0) is 12.5. The van der Waals surface area contributed by atoms with Crippen molar-refractivity contribution >= 4 is 11.9 Å². The van der Waals surface area contributed by atoms with E-state index >= 15 is 0 Å². The maximum absolute atomic E-state index is 11.7. The normalized spacial score (nSPS) is 24.4. The third kappa shape index (κ3) is 2.68. The molecule has 1 atom stereocenters. The van der Waals surface area contributed by atoms with E-state index < -0.39 is 0 Å². The summed E-state index contributed by atoms with van der Waals surface area (Å²) in [5.74, 6) is 0.906. The van der Waals surface area contributed by atoms with Crippen LogP contribution in [0.25, 0.3) is 0 Å². The van der Waals surface area contributed by atoms with E-state index in [1.807, 2.05) is 4.90 Å². The average molecular weight is 251 g/mol. The van der Waals surface area contributed by atoms with Gasteiger partial charge in [0.25, 0.3) is 0 Å². The highest BCUT2D eigenvalue weighted by Crippen LogP contribution is 2.39. The Bertz CT molecular complexity index is 442. The lowest BCUT2D eigenvalue weighted by Gasteiger charge is -2.13. The van der Waals surface area contributed by atoms with E-state index in [0.29, 0.717) is 18.4 Å². The lowest BCUT2D eigenvalue weighted by atomic mass is 10.3. The molecule has 1 aliphatic heterocycles. The number of hydrogen-bond donors (Lipinski definition) is 2. The Balaban J connectivity index is 1.50. The highest BCUT2D eigenvalue weighted by atomic mass is 16.4. The van der Waals surface area contributed by atoms with Crippen LogP contribution in [0.1, 0.15) is 31.1 Å². The molecule has 1 aromatic heterocycles. The van der Waals surface area contributed by atoms with Crippen LogP contribution in [0, 0.1) is 0 Å². The van der Waals surface area contributed by atoms with Gasteiger partial charge in [-0.25, -0.2) is 0 Å². The van der Waals surface area contributed by atoms with Gasteiger partial charge in [0.05, 0.1) is 6.54 Å². The van der Waals surface area contributed by atoms with Crippen LogP contribution in [0.15, 0.2) is 4.42 Å². The first kappa shape index (κ1) is 11.6. The van der Waals surface area contributed by atoms with Gasteiger partial charge in [-0.3, -0.25) is 15.0 Å². The monoisotopic (exact) mass is 251 g/mol. The van der Waals surface area contributed by atoms with Crippen molar-refractivity contribution in [3.63, 3.8) is 0 Å². The minimum absolute atomic E-state index is 0.130. The first-order valence-corrected chi connectivity index (χ1v) is 6.32. The molecule has 0 aromatic carbocycles. The van der Waals surface area contributed by atoms with Crippen molar-refractivity contribution in [3.05, 3.63) is 5.89 Å². The molecule has 0 spiro atoms. The number of aromatic nitrogens is 2. The number of nitrogens with one attached hydrogen (secondary N) is 1. The molecule has 1 aliphatic carbocycles. The van der Waals surface area contributed by atoms with Crippen LogP contribution < -0.4 is 11.1 Å². The minimum atomic E-state index is -0.130. The van der Waals surface area contributed by atoms with Gasteiger partial charge in [-0.1, -0.05) is 5.10 Å². The molecule has 2 aliphatic rings. The van der Waals surface area contributed by atoms with Crippen LogP contribution in [0.5, 0.6) is 0 Å². The number of anilines is 1. The number of nitrogens with two attached hydrogens (primary N) is 1. The van der Waals surface area contributed by atoms with Crippen molar-refractivity contribution in [2.75, 3.05) is 25.0 Å². The molecule has 2 fully saturated rings. The molecule has 7 heteroatoms. The summed E-state index contributed by atoms with van der Waals surface area (Å²) in [7, 11) is 0. The SMILES string of the molecule is N[C@@H]1CCN(CC(=O)Nc2nnc(C3CC3)o2)C1. The maximum Gasteiger partial charge on any atom is 0.322 e. The smallest absolute Gasteiger partial charge is 0.322 e. The Morgan fingerprint density at radius 1 is 1.44 bits per heavy atom. The molecule has 2 heterocycles. The molecule has 18 heavy (non-hydrogen) atoms. The number of amides is 1. The van der Waals surface area contributed by atoms with Gasteiger partial charge < -0.3 is 10.2 Å². The molecule has 1 amide bonds. The molecule has 3 rings (SSSR count). The summed E-state index contributed by atoms with van der Waals surface area (Å²) in [6.07, 6.45) is 3.14. The average Bonchev–Trinajstić information content (AvgIpc) is 2.95. The van der Waals surface area contributed by atoms with Gasteiger partial charge in [-0.2, -0.15) is 0 Å². The van der Waals surface area contributed by atoms with Crippen molar-refractivity contribution in [2.24, 2.45) is 5.73 Å². The van der Waals surface area contributed by atoms with Crippen molar-refractivity contribution in [2.45, 2.75) is 31.2 Å². The number of carbonyl (C=O) groups is 1. The predicted molar refractivity (Wildman–Crippen MR) is 63.9 cm³/mol. The molecule has 98 valence electrons. The van der Waals surface area contributed by atoms with Crippen LogP contribution in [-0.4, -0.2) is 46.7 Å². The molecule has 3 N–H and O–H groups in total. The summed E-state index contributed by atoms with van der Waals surface area (Å²) in [5.41, 5.74) is 5.78. The summed E-state index contributed by atoms with van der Waals surface area (Å²) in [6.45, 7) is 1.96. The summed E-state index contributed by atoms with van der Waals surface area (Å²) in [6, 6.07) is 0.382. The maximum atomic E-state index is 11.7. The summed E-state index contributed by atoms with van der Waals surface area (Å²) >= 11 is 0. The molecule has 1 saturated carbocycles. The lowest BCUT2D eigenvalue weighted by Crippen LogP contribution is -2.33. The van der Waals surface area contributed by atoms with E-state index in [-0.39, 0.29) is 18.0 Å². The van der Waals surface area contributed by atoms with Crippen LogP contribution >= 0.6 is 0 Å². The standard InChI is InChI=1S/C11H17N5O2/c12-8-3-4-16(5-8)6-9(17)13-11-15-14-10(18-11)7-1-2-7/h7-8H,1-6,12H2,(H,13,15,17)/t8-/m1/s1. The van der Waals surface area contributed by atoms with Crippen LogP contribution in [0.2, 0.25) is 0 Å². The van der Waals surface area contributed by atoms with Crippen molar-refractivity contribution < 1.29 is 9.21 Å². The van der Waals surface area contributed by atoms with Gasteiger partial charge in [0.1, 0.15) is 0 Å². The zero-order valence-corrected chi connectivity index (χ0v) is 10.1. The fourth-order valence-electron chi connectivity index (χ4n) is 2.15. The van der Waals surface area contributed by atoms with Gasteiger partial charge in [-0.15, -0.1) is 5.10 Å². The molecule has 7 nitrogen and oxygen atoms in total. The fraction of sp³-hybridized carbons (Fsp3) is 0.727. The molecule has 0 radical (unpaired) electrons. The van der Waals surface area contributed by atoms with Gasteiger partial charge in [0, 0.05) is 25.0 Å². The Hall–Kier alpha value is -1.47. The fourth-order valence-corrected chi connectivity index (χ4v) is 2.15. The van der Waals surface area contributed by atoms with Crippen molar-refractivity contribution in [1.29, 1.82) is 0 Å². The molecule has 1 saturated heterocycles.